The van der Waals surface area contributed by atoms with E-state index in [4.69, 9.17) is 13.9 Å². The van der Waals surface area contributed by atoms with Crippen molar-refractivity contribution in [3.05, 3.63) is 102 Å². The molecule has 46 heavy (non-hydrogen) atoms. The number of H-pyrrole nitrogens is 1. The molecule has 0 aliphatic carbocycles. The van der Waals surface area contributed by atoms with Crippen molar-refractivity contribution in [2.75, 3.05) is 26.7 Å². The molecule has 0 aliphatic rings. The minimum absolute atomic E-state index is 0.118. The number of nitrogens with one attached hydrogen (secondary N) is 3. The summed E-state index contributed by atoms with van der Waals surface area (Å²) < 4.78 is 46.5. The van der Waals surface area contributed by atoms with Crippen molar-refractivity contribution in [1.82, 2.24) is 15.0 Å². The molecule has 0 saturated heterocycles. The third kappa shape index (κ3) is 7.82. The number of aromatic nitrogens is 1. The summed E-state index contributed by atoms with van der Waals surface area (Å²) in [5.74, 6) is 1.15. The summed E-state index contributed by atoms with van der Waals surface area (Å²) in [5, 5.41) is 5.98. The smallest absolute Gasteiger partial charge is 0.243 e. The largest absolute Gasteiger partial charge is 0.492 e. The van der Waals surface area contributed by atoms with Crippen LogP contribution in [-0.2, 0) is 21.1 Å². The third-order valence-electron chi connectivity index (χ3n) is 8.80. The van der Waals surface area contributed by atoms with E-state index in [0.717, 1.165) is 46.0 Å². The average Bonchev–Trinajstić information content (AvgIpc) is 3.47. The Labute approximate surface area is 273 Å². The van der Waals surface area contributed by atoms with Crippen molar-refractivity contribution in [2.45, 2.75) is 56.5 Å². The van der Waals surface area contributed by atoms with Crippen LogP contribution in [0.5, 0.6) is 11.5 Å². The Morgan fingerprint density at radius 2 is 1.54 bits per heavy atom. The number of aromatic amines is 1. The lowest BCUT2D eigenvalue weighted by atomic mass is 10.1. The Hall–Kier alpha value is -3.67. The molecule has 1 unspecified atom stereocenters. The van der Waals surface area contributed by atoms with Crippen molar-refractivity contribution in [2.24, 2.45) is 0 Å². The van der Waals surface area contributed by atoms with Gasteiger partial charge in [0.15, 0.2) is 8.32 Å². The zero-order chi connectivity index (χ0) is 32.6. The first-order valence-corrected chi connectivity index (χ1v) is 20.1. The second-order valence-electron chi connectivity index (χ2n) is 11.5. The number of benzene rings is 4. The summed E-state index contributed by atoms with van der Waals surface area (Å²) in [6, 6.07) is 32.5. The molecular formula is C36H45N3O5SSi. The van der Waals surface area contributed by atoms with Gasteiger partial charge in [0.2, 0.25) is 10.0 Å². The number of rotatable bonds is 17. The summed E-state index contributed by atoms with van der Waals surface area (Å²) in [5.41, 5.74) is 4.20. The lowest BCUT2D eigenvalue weighted by Crippen LogP contribution is -2.40. The van der Waals surface area contributed by atoms with Crippen molar-refractivity contribution in [3.63, 3.8) is 0 Å². The standard InChI is InChI=1S/C36H45N3O5SSi/c1-5-46(6-2,7-3)44-35(25-38-21-22-42-29-19-20-31-30-15-8-9-16-32(30)39-33(31)24-29)28-14-12-13-27(23-28)26-43-34-17-10-11-18-36(34)45(40,41)37-4/h8-20,23-24,35,37-39H,5-7,21-22,25-26H2,1-4H3. The number of hydrogen-bond acceptors (Lipinski definition) is 6. The van der Waals surface area contributed by atoms with Gasteiger partial charge >= 0.3 is 0 Å². The number of para-hydroxylation sites is 2. The highest BCUT2D eigenvalue weighted by Gasteiger charge is 2.32. The quantitative estimate of drug-likeness (QED) is 0.0705. The highest BCUT2D eigenvalue weighted by Crippen LogP contribution is 2.31. The predicted molar refractivity (Wildman–Crippen MR) is 189 cm³/mol. The second kappa shape index (κ2) is 15.3. The highest BCUT2D eigenvalue weighted by molar-refractivity contribution is 7.89. The molecule has 10 heteroatoms. The van der Waals surface area contributed by atoms with Gasteiger partial charge in [0.1, 0.15) is 29.6 Å². The van der Waals surface area contributed by atoms with Gasteiger partial charge in [0.05, 0.1) is 11.6 Å². The van der Waals surface area contributed by atoms with Gasteiger partial charge in [0, 0.05) is 35.4 Å². The fourth-order valence-electron chi connectivity index (χ4n) is 5.87. The van der Waals surface area contributed by atoms with E-state index in [1.165, 1.54) is 17.8 Å². The molecule has 0 aliphatic heterocycles. The molecule has 1 aromatic heterocycles. The number of hydrogen-bond donors (Lipinski definition) is 3. The Morgan fingerprint density at radius 3 is 2.33 bits per heavy atom. The minimum Gasteiger partial charge on any atom is -0.492 e. The maximum absolute atomic E-state index is 12.5. The van der Waals surface area contributed by atoms with Crippen molar-refractivity contribution in [1.29, 1.82) is 0 Å². The molecule has 0 bridgehead atoms. The maximum atomic E-state index is 12.5. The van der Waals surface area contributed by atoms with E-state index in [9.17, 15) is 8.42 Å². The molecule has 244 valence electrons. The first kappa shape index (κ1) is 33.7. The van der Waals surface area contributed by atoms with Crippen LogP contribution >= 0.6 is 0 Å². The van der Waals surface area contributed by atoms with Crippen LogP contribution in [0.25, 0.3) is 21.8 Å². The van der Waals surface area contributed by atoms with E-state index in [-0.39, 0.29) is 17.6 Å². The first-order chi connectivity index (χ1) is 22.3. The van der Waals surface area contributed by atoms with Gasteiger partial charge in [-0.2, -0.15) is 0 Å². The molecule has 0 radical (unpaired) electrons. The molecule has 8 nitrogen and oxygen atoms in total. The van der Waals surface area contributed by atoms with Crippen LogP contribution in [0.2, 0.25) is 18.1 Å². The van der Waals surface area contributed by atoms with Gasteiger partial charge in [-0.05, 0) is 72.7 Å². The molecule has 5 aromatic rings. The summed E-state index contributed by atoms with van der Waals surface area (Å²) in [7, 11) is -4.17. The number of sulfonamides is 1. The molecule has 1 heterocycles. The van der Waals surface area contributed by atoms with Crippen LogP contribution in [0.1, 0.15) is 38.0 Å². The second-order valence-corrected chi connectivity index (χ2v) is 18.0. The Balaban J connectivity index is 1.24. The monoisotopic (exact) mass is 659 g/mol. The van der Waals surface area contributed by atoms with E-state index in [1.54, 1.807) is 24.3 Å². The topological polar surface area (TPSA) is 102 Å². The Kier molecular flexibility index (Phi) is 11.2. The molecule has 1 atom stereocenters. The highest BCUT2D eigenvalue weighted by atomic mass is 32.2. The van der Waals surface area contributed by atoms with Gasteiger partial charge < -0.3 is 24.2 Å². The summed E-state index contributed by atoms with van der Waals surface area (Å²) >= 11 is 0. The molecule has 0 spiro atoms. The Morgan fingerprint density at radius 1 is 0.804 bits per heavy atom. The van der Waals surface area contributed by atoms with Crippen molar-refractivity contribution in [3.8, 4) is 11.5 Å². The average molecular weight is 660 g/mol. The lowest BCUT2D eigenvalue weighted by Gasteiger charge is -2.34. The molecule has 0 saturated carbocycles. The van der Waals surface area contributed by atoms with E-state index < -0.39 is 18.3 Å². The predicted octanol–water partition coefficient (Wildman–Crippen LogP) is 7.54. The van der Waals surface area contributed by atoms with Crippen LogP contribution in [0, 0.1) is 0 Å². The van der Waals surface area contributed by atoms with Crippen LogP contribution in [-0.4, -0.2) is 48.5 Å². The summed E-state index contributed by atoms with van der Waals surface area (Å²) in [6.45, 7) is 8.79. The summed E-state index contributed by atoms with van der Waals surface area (Å²) in [4.78, 5) is 3.60. The number of fused-ring (bicyclic) bond motifs is 3. The van der Waals surface area contributed by atoms with Crippen molar-refractivity contribution < 1.29 is 22.3 Å². The normalized spacial score (nSPS) is 12.9. The fourth-order valence-corrected chi connectivity index (χ4v) is 9.57. The van der Waals surface area contributed by atoms with Crippen LogP contribution in [0.4, 0.5) is 0 Å². The minimum atomic E-state index is -3.64. The molecule has 5 rings (SSSR count). The zero-order valence-electron chi connectivity index (χ0n) is 27.1. The molecular weight excluding hydrogens is 615 g/mol. The zero-order valence-corrected chi connectivity index (χ0v) is 29.0. The molecule has 0 fully saturated rings. The van der Waals surface area contributed by atoms with Gasteiger partial charge in [-0.3, -0.25) is 0 Å². The van der Waals surface area contributed by atoms with E-state index in [2.05, 4.69) is 78.3 Å². The Bertz CT molecular complexity index is 1850. The molecule has 4 aromatic carbocycles. The van der Waals surface area contributed by atoms with Gasteiger partial charge in [-0.25, -0.2) is 13.1 Å². The van der Waals surface area contributed by atoms with E-state index >= 15 is 0 Å². The summed E-state index contributed by atoms with van der Waals surface area (Å²) in [6.07, 6.45) is -0.133. The van der Waals surface area contributed by atoms with Crippen LogP contribution < -0.4 is 19.5 Å². The van der Waals surface area contributed by atoms with Gasteiger partial charge in [0.25, 0.3) is 0 Å². The lowest BCUT2D eigenvalue weighted by molar-refractivity contribution is 0.182. The van der Waals surface area contributed by atoms with Crippen LogP contribution in [0.15, 0.2) is 95.9 Å². The van der Waals surface area contributed by atoms with Crippen molar-refractivity contribution >= 4 is 40.1 Å². The fraction of sp³-hybridized carbons (Fsp3) is 0.333. The molecule has 3 N–H and O–H groups in total. The van der Waals surface area contributed by atoms with Gasteiger partial charge in [-0.15, -0.1) is 0 Å². The maximum Gasteiger partial charge on any atom is 0.243 e. The number of ether oxygens (including phenoxy) is 2. The van der Waals surface area contributed by atoms with E-state index in [1.807, 2.05) is 24.3 Å². The first-order valence-electron chi connectivity index (χ1n) is 16.1. The van der Waals surface area contributed by atoms with Crippen LogP contribution in [0.3, 0.4) is 0 Å². The molecule has 0 amide bonds. The van der Waals surface area contributed by atoms with E-state index in [0.29, 0.717) is 25.4 Å². The third-order valence-corrected chi connectivity index (χ3v) is 14.9. The SMILES string of the molecule is CC[Si](CC)(CC)OC(CNCCOc1ccc2c(c1)[nH]c1ccccc12)c1cccc(COc2ccccc2S(=O)(=O)NC)c1. The van der Waals surface area contributed by atoms with Gasteiger partial charge in [-0.1, -0.05) is 69.3 Å².